The first-order valence-corrected chi connectivity index (χ1v) is 7.04. The van der Waals surface area contributed by atoms with E-state index in [1.165, 1.54) is 25.7 Å². The van der Waals surface area contributed by atoms with E-state index in [1.807, 2.05) is 11.8 Å². The van der Waals surface area contributed by atoms with Crippen LogP contribution in [0.3, 0.4) is 0 Å². The van der Waals surface area contributed by atoms with Crippen molar-refractivity contribution in [1.82, 2.24) is 4.90 Å². The van der Waals surface area contributed by atoms with Gasteiger partial charge in [0.1, 0.15) is 0 Å². The van der Waals surface area contributed by atoms with Gasteiger partial charge < -0.3 is 10.0 Å². The number of rotatable bonds is 8. The van der Waals surface area contributed by atoms with Gasteiger partial charge in [-0.1, -0.05) is 6.92 Å². The molecule has 2 saturated carbocycles. The largest absolute Gasteiger partial charge is 0.481 e. The smallest absolute Gasteiger partial charge is 0.303 e. The first kappa shape index (κ1) is 13.4. The van der Waals surface area contributed by atoms with Crippen LogP contribution in [0, 0.1) is 17.8 Å². The summed E-state index contributed by atoms with van der Waals surface area (Å²) >= 11 is 0. The van der Waals surface area contributed by atoms with Crippen molar-refractivity contribution in [2.75, 3.05) is 13.1 Å². The summed E-state index contributed by atoms with van der Waals surface area (Å²) < 4.78 is 0. The van der Waals surface area contributed by atoms with Gasteiger partial charge in [0.15, 0.2) is 0 Å². The number of carbonyl (C=O) groups excluding carboxylic acids is 1. The van der Waals surface area contributed by atoms with E-state index < -0.39 is 5.97 Å². The predicted molar refractivity (Wildman–Crippen MR) is 68.1 cm³/mol. The monoisotopic (exact) mass is 253 g/mol. The van der Waals surface area contributed by atoms with Crippen molar-refractivity contribution in [3.63, 3.8) is 0 Å². The molecule has 0 radical (unpaired) electrons. The Kier molecular flexibility index (Phi) is 4.25. The molecule has 2 aliphatic rings. The standard InChI is InChI=1S/C14H23NO3/c1-10(7-14(17)18)6-13(16)15(8-11-2-3-11)9-12-4-5-12/h10-12H,2-9H2,1H3,(H,17,18). The van der Waals surface area contributed by atoms with Gasteiger partial charge >= 0.3 is 5.97 Å². The summed E-state index contributed by atoms with van der Waals surface area (Å²) in [5, 5.41) is 8.72. The molecule has 0 aromatic heterocycles. The average molecular weight is 253 g/mol. The maximum Gasteiger partial charge on any atom is 0.303 e. The topological polar surface area (TPSA) is 57.6 Å². The number of hydrogen-bond acceptors (Lipinski definition) is 2. The molecule has 2 rings (SSSR count). The number of aliphatic carboxylic acids is 1. The Balaban J connectivity index is 1.79. The minimum atomic E-state index is -0.814. The predicted octanol–water partition coefficient (Wildman–Crippen LogP) is 2.14. The Hall–Kier alpha value is -1.06. The van der Waals surface area contributed by atoms with Crippen molar-refractivity contribution < 1.29 is 14.7 Å². The van der Waals surface area contributed by atoms with E-state index in [2.05, 4.69) is 0 Å². The average Bonchev–Trinajstić information content (AvgIpc) is 3.09. The summed E-state index contributed by atoms with van der Waals surface area (Å²) in [6.07, 6.45) is 5.47. The highest BCUT2D eigenvalue weighted by Gasteiger charge is 2.31. The summed E-state index contributed by atoms with van der Waals surface area (Å²) in [4.78, 5) is 24.8. The lowest BCUT2D eigenvalue weighted by atomic mass is 10.0. The number of carbonyl (C=O) groups is 2. The van der Waals surface area contributed by atoms with E-state index in [0.717, 1.165) is 13.1 Å². The first-order chi connectivity index (χ1) is 8.54. The lowest BCUT2D eigenvalue weighted by molar-refractivity contribution is -0.138. The molecule has 1 atom stereocenters. The zero-order valence-corrected chi connectivity index (χ0v) is 11.1. The first-order valence-electron chi connectivity index (χ1n) is 7.04. The number of nitrogens with zero attached hydrogens (tertiary/aromatic N) is 1. The van der Waals surface area contributed by atoms with Crippen LogP contribution in [0.2, 0.25) is 0 Å². The van der Waals surface area contributed by atoms with Crippen LogP contribution >= 0.6 is 0 Å². The van der Waals surface area contributed by atoms with Crippen LogP contribution < -0.4 is 0 Å². The molecule has 2 aliphatic carbocycles. The molecule has 18 heavy (non-hydrogen) atoms. The van der Waals surface area contributed by atoms with Gasteiger partial charge in [-0.3, -0.25) is 9.59 Å². The summed E-state index contributed by atoms with van der Waals surface area (Å²) in [7, 11) is 0. The highest BCUT2D eigenvalue weighted by atomic mass is 16.4. The van der Waals surface area contributed by atoms with Gasteiger partial charge in [-0.05, 0) is 43.4 Å². The summed E-state index contributed by atoms with van der Waals surface area (Å²) in [6, 6.07) is 0. The zero-order valence-electron chi connectivity index (χ0n) is 11.1. The van der Waals surface area contributed by atoms with Gasteiger partial charge in [0.2, 0.25) is 5.91 Å². The van der Waals surface area contributed by atoms with Gasteiger partial charge in [-0.15, -0.1) is 0 Å². The van der Waals surface area contributed by atoms with Gasteiger partial charge in [0.25, 0.3) is 0 Å². The van der Waals surface area contributed by atoms with Gasteiger partial charge in [0, 0.05) is 25.9 Å². The highest BCUT2D eigenvalue weighted by molar-refractivity contribution is 5.77. The number of hydrogen-bond donors (Lipinski definition) is 1. The fourth-order valence-electron chi connectivity index (χ4n) is 2.30. The third-order valence-corrected chi connectivity index (χ3v) is 3.75. The Labute approximate surface area is 108 Å². The minimum absolute atomic E-state index is 0.0593. The van der Waals surface area contributed by atoms with E-state index in [9.17, 15) is 9.59 Å². The number of carboxylic acids is 1. The van der Waals surface area contributed by atoms with Crippen molar-refractivity contribution in [1.29, 1.82) is 0 Å². The van der Waals surface area contributed by atoms with E-state index in [1.54, 1.807) is 0 Å². The second-order valence-corrected chi connectivity index (χ2v) is 6.09. The zero-order chi connectivity index (χ0) is 13.1. The Morgan fingerprint density at radius 2 is 1.61 bits per heavy atom. The van der Waals surface area contributed by atoms with Crippen molar-refractivity contribution in [2.45, 2.75) is 45.4 Å². The summed E-state index contributed by atoms with van der Waals surface area (Å²) in [5.74, 6) is 0.703. The van der Waals surface area contributed by atoms with Crippen molar-refractivity contribution in [3.05, 3.63) is 0 Å². The number of carboxylic acid groups (broad SMARTS) is 1. The van der Waals surface area contributed by atoms with Crippen molar-refractivity contribution >= 4 is 11.9 Å². The molecule has 0 aromatic carbocycles. The van der Waals surface area contributed by atoms with Crippen LogP contribution in [0.15, 0.2) is 0 Å². The fraction of sp³-hybridized carbons (Fsp3) is 0.857. The molecule has 102 valence electrons. The van der Waals surface area contributed by atoms with Crippen molar-refractivity contribution in [3.8, 4) is 0 Å². The van der Waals surface area contributed by atoms with Crippen LogP contribution in [0.4, 0.5) is 0 Å². The third kappa shape index (κ3) is 4.67. The molecule has 4 heteroatoms. The molecular weight excluding hydrogens is 230 g/mol. The molecule has 0 spiro atoms. The van der Waals surface area contributed by atoms with E-state index in [0.29, 0.717) is 18.3 Å². The molecule has 1 amide bonds. The molecular formula is C14H23NO3. The lowest BCUT2D eigenvalue weighted by Gasteiger charge is -2.24. The van der Waals surface area contributed by atoms with E-state index in [4.69, 9.17) is 5.11 Å². The Morgan fingerprint density at radius 3 is 2.00 bits per heavy atom. The molecule has 4 nitrogen and oxygen atoms in total. The second-order valence-electron chi connectivity index (χ2n) is 6.09. The van der Waals surface area contributed by atoms with Crippen LogP contribution in [-0.4, -0.2) is 35.0 Å². The van der Waals surface area contributed by atoms with Gasteiger partial charge in [0.05, 0.1) is 0 Å². The molecule has 1 unspecified atom stereocenters. The minimum Gasteiger partial charge on any atom is -0.481 e. The van der Waals surface area contributed by atoms with Crippen LogP contribution in [0.1, 0.15) is 45.4 Å². The van der Waals surface area contributed by atoms with Gasteiger partial charge in [-0.2, -0.15) is 0 Å². The fourth-order valence-corrected chi connectivity index (χ4v) is 2.30. The normalized spacial score (nSPS) is 20.5. The molecule has 0 bridgehead atoms. The number of amides is 1. The quantitative estimate of drug-likeness (QED) is 0.721. The SMILES string of the molecule is CC(CC(=O)O)CC(=O)N(CC1CC1)CC1CC1. The van der Waals surface area contributed by atoms with E-state index >= 15 is 0 Å². The molecule has 1 N–H and O–H groups in total. The third-order valence-electron chi connectivity index (χ3n) is 3.75. The van der Waals surface area contributed by atoms with Crippen LogP contribution in [0.25, 0.3) is 0 Å². The molecule has 2 fully saturated rings. The van der Waals surface area contributed by atoms with Crippen molar-refractivity contribution in [2.24, 2.45) is 17.8 Å². The summed E-state index contributed by atoms with van der Waals surface area (Å²) in [6.45, 7) is 3.64. The maximum atomic E-state index is 12.2. The summed E-state index contributed by atoms with van der Waals surface area (Å²) in [5.41, 5.74) is 0. The highest BCUT2D eigenvalue weighted by Crippen LogP contribution is 2.34. The van der Waals surface area contributed by atoms with E-state index in [-0.39, 0.29) is 18.2 Å². The maximum absolute atomic E-state index is 12.2. The lowest BCUT2D eigenvalue weighted by Crippen LogP contribution is -2.35. The molecule has 0 aliphatic heterocycles. The molecule has 0 heterocycles. The Morgan fingerprint density at radius 1 is 1.11 bits per heavy atom. The Bertz CT molecular complexity index is 307. The molecule has 0 aromatic rings. The van der Waals surface area contributed by atoms with Crippen LogP contribution in [0.5, 0.6) is 0 Å². The second kappa shape index (κ2) is 5.72. The molecule has 0 saturated heterocycles. The van der Waals surface area contributed by atoms with Crippen LogP contribution in [-0.2, 0) is 9.59 Å². The van der Waals surface area contributed by atoms with Gasteiger partial charge in [-0.25, -0.2) is 0 Å².